The van der Waals surface area contributed by atoms with Crippen molar-refractivity contribution in [1.82, 2.24) is 14.7 Å². The van der Waals surface area contributed by atoms with Crippen LogP contribution in [0.5, 0.6) is 0 Å². The van der Waals surface area contributed by atoms with E-state index in [0.717, 1.165) is 23.3 Å². The van der Waals surface area contributed by atoms with E-state index in [-0.39, 0.29) is 12.3 Å². The van der Waals surface area contributed by atoms with E-state index in [1.165, 1.54) is 30.3 Å². The number of carbonyl (C=O) groups is 2. The van der Waals surface area contributed by atoms with Crippen molar-refractivity contribution in [2.24, 2.45) is 16.6 Å². The van der Waals surface area contributed by atoms with Crippen LogP contribution in [0.15, 0.2) is 53.0 Å². The average molecular weight is 437 g/mol. The first kappa shape index (κ1) is 22.6. The van der Waals surface area contributed by atoms with Crippen LogP contribution in [0.2, 0.25) is 0 Å². The zero-order valence-electron chi connectivity index (χ0n) is 17.4. The van der Waals surface area contributed by atoms with E-state index < -0.39 is 24.2 Å². The molecule has 2 N–H and O–H groups in total. The molecule has 3 aliphatic rings. The monoisotopic (exact) mass is 437 g/mol. The molecule has 0 aromatic rings. The number of rotatable bonds is 4. The Kier molecular flexibility index (Phi) is 6.56. The van der Waals surface area contributed by atoms with E-state index >= 15 is 0 Å². The summed E-state index contributed by atoms with van der Waals surface area (Å²) in [6.07, 6.45) is 3.65. The maximum Gasteiger partial charge on any atom is 0.395 e. The number of hydrogen-bond donors (Lipinski definition) is 1. The number of urea groups is 2. The zero-order chi connectivity index (χ0) is 22.8. The van der Waals surface area contributed by atoms with Gasteiger partial charge in [-0.3, -0.25) is 4.90 Å². The van der Waals surface area contributed by atoms with Gasteiger partial charge < -0.3 is 10.6 Å². The summed E-state index contributed by atoms with van der Waals surface area (Å²) in [5.41, 5.74) is 7.13. The average Bonchev–Trinajstić information content (AvgIpc) is 3.33. The fourth-order valence-electron chi connectivity index (χ4n) is 3.71. The summed E-state index contributed by atoms with van der Waals surface area (Å²) in [6, 6.07) is -0.995. The lowest BCUT2D eigenvalue weighted by molar-refractivity contribution is -0.160. The number of likely N-dealkylation sites (N-methyl/N-ethyl adjacent to an activating group) is 1. The van der Waals surface area contributed by atoms with E-state index in [0.29, 0.717) is 37.3 Å². The van der Waals surface area contributed by atoms with Gasteiger partial charge in [0.1, 0.15) is 5.70 Å². The highest BCUT2D eigenvalue weighted by molar-refractivity contribution is 6.23. The molecule has 2 fully saturated rings. The van der Waals surface area contributed by atoms with Gasteiger partial charge in [0.05, 0.1) is 5.92 Å². The van der Waals surface area contributed by atoms with Crippen molar-refractivity contribution in [1.29, 1.82) is 0 Å². The number of amidine groups is 1. The molecule has 10 heteroatoms. The fourth-order valence-corrected chi connectivity index (χ4v) is 3.71. The summed E-state index contributed by atoms with van der Waals surface area (Å²) in [4.78, 5) is 33.8. The SMILES string of the molecule is C=C(CCC1=CCC(C(F)(F)F)C=C1)/N=C1\C(=C/N)N(C)C(=O)N1C(=O)N1CCCC1. The number of likely N-dealkylation sites (tertiary alicyclic amines) is 1. The van der Waals surface area contributed by atoms with Gasteiger partial charge in [0.25, 0.3) is 0 Å². The number of nitrogens with two attached hydrogens (primary N) is 1. The van der Waals surface area contributed by atoms with Crippen molar-refractivity contribution < 1.29 is 22.8 Å². The van der Waals surface area contributed by atoms with Crippen LogP contribution in [-0.4, -0.2) is 58.9 Å². The minimum Gasteiger partial charge on any atom is -0.403 e. The van der Waals surface area contributed by atoms with E-state index in [1.54, 1.807) is 11.0 Å². The molecule has 2 saturated heterocycles. The molecular weight excluding hydrogens is 411 g/mol. The summed E-state index contributed by atoms with van der Waals surface area (Å²) >= 11 is 0. The first-order valence-corrected chi connectivity index (χ1v) is 10.1. The second kappa shape index (κ2) is 8.99. The highest BCUT2D eigenvalue weighted by atomic mass is 19.4. The third-order valence-corrected chi connectivity index (χ3v) is 5.57. The molecule has 0 aromatic carbocycles. The molecule has 0 aromatic heterocycles. The number of alkyl halides is 3. The van der Waals surface area contributed by atoms with Crippen LogP contribution in [-0.2, 0) is 0 Å². The quantitative estimate of drug-likeness (QED) is 0.718. The van der Waals surface area contributed by atoms with Crippen molar-refractivity contribution in [2.75, 3.05) is 20.1 Å². The van der Waals surface area contributed by atoms with Gasteiger partial charge in [-0.1, -0.05) is 30.4 Å². The van der Waals surface area contributed by atoms with Crippen molar-refractivity contribution in [3.05, 3.63) is 48.0 Å². The molecule has 1 atom stereocenters. The Hall–Kier alpha value is -3.04. The predicted molar refractivity (Wildman–Crippen MR) is 111 cm³/mol. The molecule has 7 nitrogen and oxygen atoms in total. The number of imide groups is 1. The third-order valence-electron chi connectivity index (χ3n) is 5.57. The lowest BCUT2D eigenvalue weighted by Crippen LogP contribution is -2.45. The Morgan fingerprint density at radius 3 is 2.58 bits per heavy atom. The van der Waals surface area contributed by atoms with Crippen molar-refractivity contribution in [3.8, 4) is 0 Å². The number of aliphatic imine (C=N–C) groups is 1. The van der Waals surface area contributed by atoms with Gasteiger partial charge in [-0.05, 0) is 32.1 Å². The molecule has 4 amide bonds. The molecule has 2 heterocycles. The van der Waals surface area contributed by atoms with E-state index in [2.05, 4.69) is 11.6 Å². The van der Waals surface area contributed by atoms with Gasteiger partial charge in [0, 0.05) is 32.0 Å². The maximum atomic E-state index is 12.9. The molecule has 168 valence electrons. The van der Waals surface area contributed by atoms with Crippen molar-refractivity contribution in [2.45, 2.75) is 38.3 Å². The Labute approximate surface area is 179 Å². The standard InChI is InChI=1S/C21H26F3N5O2/c1-14(5-6-15-7-9-16(10-8-15)21(22,23)24)26-18-17(13-25)27(2)19(30)29(18)20(31)28-11-3-4-12-28/h7-9,13,16H,1,3-6,10-12,25H2,2H3/b17-13+,26-18+. The Morgan fingerprint density at radius 2 is 2.03 bits per heavy atom. The summed E-state index contributed by atoms with van der Waals surface area (Å²) < 4.78 is 38.3. The van der Waals surface area contributed by atoms with Crippen LogP contribution in [0.1, 0.15) is 32.1 Å². The number of allylic oxidation sites excluding steroid dienone is 5. The highest BCUT2D eigenvalue weighted by Gasteiger charge is 2.43. The summed E-state index contributed by atoms with van der Waals surface area (Å²) in [5, 5.41) is 0. The zero-order valence-corrected chi connectivity index (χ0v) is 17.4. The number of nitrogens with zero attached hydrogens (tertiary/aromatic N) is 4. The van der Waals surface area contributed by atoms with Crippen LogP contribution in [0.3, 0.4) is 0 Å². The topological polar surface area (TPSA) is 82.2 Å². The van der Waals surface area contributed by atoms with Gasteiger partial charge >= 0.3 is 18.2 Å². The summed E-state index contributed by atoms with van der Waals surface area (Å²) in [6.45, 7) is 5.04. The number of halogens is 3. The van der Waals surface area contributed by atoms with Gasteiger partial charge in [-0.15, -0.1) is 0 Å². The molecule has 0 bridgehead atoms. The molecule has 1 unspecified atom stereocenters. The Bertz CT molecular complexity index is 882. The molecule has 0 saturated carbocycles. The lowest BCUT2D eigenvalue weighted by Gasteiger charge is -2.22. The molecular formula is C21H26F3N5O2. The smallest absolute Gasteiger partial charge is 0.395 e. The normalized spacial score (nSPS) is 24.5. The summed E-state index contributed by atoms with van der Waals surface area (Å²) in [7, 11) is 1.51. The molecule has 2 aliphatic heterocycles. The highest BCUT2D eigenvalue weighted by Crippen LogP contribution is 2.34. The molecule has 1 aliphatic carbocycles. The largest absolute Gasteiger partial charge is 0.403 e. The maximum absolute atomic E-state index is 12.9. The number of carbonyl (C=O) groups excluding carboxylic acids is 2. The Balaban J connectivity index is 1.71. The number of hydrogen-bond acceptors (Lipinski definition) is 4. The van der Waals surface area contributed by atoms with Crippen LogP contribution in [0.25, 0.3) is 0 Å². The third kappa shape index (κ3) is 4.83. The second-order valence-corrected chi connectivity index (χ2v) is 7.73. The van der Waals surface area contributed by atoms with Crippen molar-refractivity contribution in [3.63, 3.8) is 0 Å². The minimum atomic E-state index is -4.24. The fraction of sp³-hybridized carbons (Fsp3) is 0.476. The van der Waals surface area contributed by atoms with E-state index in [1.807, 2.05) is 0 Å². The lowest BCUT2D eigenvalue weighted by atomic mass is 9.94. The number of amides is 4. The summed E-state index contributed by atoms with van der Waals surface area (Å²) in [5.74, 6) is -1.34. The molecule has 31 heavy (non-hydrogen) atoms. The van der Waals surface area contributed by atoms with Crippen molar-refractivity contribution >= 4 is 17.9 Å². The molecule has 0 spiro atoms. The second-order valence-electron chi connectivity index (χ2n) is 7.73. The van der Waals surface area contributed by atoms with E-state index in [4.69, 9.17) is 5.73 Å². The van der Waals surface area contributed by atoms with Crippen LogP contribution >= 0.6 is 0 Å². The predicted octanol–water partition coefficient (Wildman–Crippen LogP) is 4.13. The minimum absolute atomic E-state index is 0.0895. The van der Waals surface area contributed by atoms with Crippen LogP contribution < -0.4 is 5.73 Å². The van der Waals surface area contributed by atoms with Gasteiger partial charge in [0.2, 0.25) is 0 Å². The molecule has 3 rings (SSSR count). The van der Waals surface area contributed by atoms with Crippen LogP contribution in [0.4, 0.5) is 22.8 Å². The Morgan fingerprint density at radius 1 is 1.35 bits per heavy atom. The first-order valence-electron chi connectivity index (χ1n) is 10.1. The van der Waals surface area contributed by atoms with Gasteiger partial charge in [-0.25, -0.2) is 14.6 Å². The van der Waals surface area contributed by atoms with Gasteiger partial charge in [-0.2, -0.15) is 18.1 Å². The van der Waals surface area contributed by atoms with Gasteiger partial charge in [0.15, 0.2) is 5.84 Å². The molecule has 0 radical (unpaired) electrons. The van der Waals surface area contributed by atoms with E-state index in [9.17, 15) is 22.8 Å². The first-order chi connectivity index (χ1) is 14.6. The van der Waals surface area contributed by atoms with Crippen LogP contribution in [0, 0.1) is 5.92 Å².